The zero-order valence-electron chi connectivity index (χ0n) is 4.75. The van der Waals surface area contributed by atoms with Crippen molar-refractivity contribution in [3.05, 3.63) is 0 Å². The van der Waals surface area contributed by atoms with Crippen LogP contribution in [0.5, 0.6) is 0 Å². The van der Waals surface area contributed by atoms with E-state index in [1.165, 1.54) is 0 Å². The predicted molar refractivity (Wildman–Crippen MR) is 38.5 cm³/mol. The number of hydrogen-bond donors (Lipinski definition) is 1. The highest BCUT2D eigenvalue weighted by Crippen LogP contribution is 1.96. The lowest BCUT2D eigenvalue weighted by Crippen LogP contribution is -2.13. The SMILES string of the molecule is SN1CC=NCCC1. The Bertz CT molecular complexity index is 92.4. The average molecular weight is 130 g/mol. The summed E-state index contributed by atoms with van der Waals surface area (Å²) in [4.78, 5) is 4.11. The van der Waals surface area contributed by atoms with Crippen LogP contribution in [0.4, 0.5) is 0 Å². The zero-order chi connectivity index (χ0) is 5.82. The van der Waals surface area contributed by atoms with Gasteiger partial charge in [-0.3, -0.25) is 4.99 Å². The summed E-state index contributed by atoms with van der Waals surface area (Å²) in [6.07, 6.45) is 3.06. The van der Waals surface area contributed by atoms with Gasteiger partial charge in [0.2, 0.25) is 0 Å². The van der Waals surface area contributed by atoms with Crippen molar-refractivity contribution in [3.63, 3.8) is 0 Å². The molecule has 0 radical (unpaired) electrons. The number of nitrogens with zero attached hydrogens (tertiary/aromatic N) is 2. The Kier molecular flexibility index (Phi) is 2.36. The topological polar surface area (TPSA) is 15.6 Å². The molecule has 0 bridgehead atoms. The van der Waals surface area contributed by atoms with E-state index in [1.54, 1.807) is 0 Å². The van der Waals surface area contributed by atoms with Crippen LogP contribution in [0.3, 0.4) is 0 Å². The molecule has 2 nitrogen and oxygen atoms in total. The highest BCUT2D eigenvalue weighted by Gasteiger charge is 1.98. The van der Waals surface area contributed by atoms with Crippen molar-refractivity contribution in [2.75, 3.05) is 19.6 Å². The molecule has 1 aliphatic heterocycles. The maximum atomic E-state index is 4.17. The van der Waals surface area contributed by atoms with Crippen molar-refractivity contribution in [1.29, 1.82) is 0 Å². The molecule has 0 fully saturated rings. The first-order valence-corrected chi connectivity index (χ1v) is 3.22. The van der Waals surface area contributed by atoms with Gasteiger partial charge in [-0.1, -0.05) is 12.8 Å². The Hall–Kier alpha value is -0.0200. The van der Waals surface area contributed by atoms with Crippen LogP contribution >= 0.6 is 12.8 Å². The monoisotopic (exact) mass is 130 g/mol. The van der Waals surface area contributed by atoms with Gasteiger partial charge in [-0.15, -0.1) is 0 Å². The van der Waals surface area contributed by atoms with Crippen molar-refractivity contribution in [3.8, 4) is 0 Å². The molecule has 0 aromatic rings. The van der Waals surface area contributed by atoms with E-state index in [-0.39, 0.29) is 0 Å². The Morgan fingerprint density at radius 3 is 3.38 bits per heavy atom. The number of thiol groups is 1. The molecule has 0 amide bonds. The van der Waals surface area contributed by atoms with Gasteiger partial charge in [0.1, 0.15) is 0 Å². The standard InChI is InChI=1S/C5H10N2S/c8-7-4-1-2-6-3-5-7/h3,8H,1-2,4-5H2. The van der Waals surface area contributed by atoms with E-state index in [9.17, 15) is 0 Å². The van der Waals surface area contributed by atoms with Crippen LogP contribution in [0.1, 0.15) is 6.42 Å². The van der Waals surface area contributed by atoms with Gasteiger partial charge in [0.25, 0.3) is 0 Å². The summed E-state index contributed by atoms with van der Waals surface area (Å²) in [6.45, 7) is 2.92. The summed E-state index contributed by atoms with van der Waals surface area (Å²) in [5, 5.41) is 0. The number of rotatable bonds is 0. The molecule has 0 aliphatic carbocycles. The first-order valence-electron chi connectivity index (χ1n) is 2.82. The molecule has 1 aliphatic rings. The highest BCUT2D eigenvalue weighted by atomic mass is 32.1. The summed E-state index contributed by atoms with van der Waals surface area (Å²) in [6, 6.07) is 0. The molecule has 1 heterocycles. The van der Waals surface area contributed by atoms with Gasteiger partial charge in [0, 0.05) is 25.8 Å². The molecular formula is C5H10N2S. The van der Waals surface area contributed by atoms with Crippen molar-refractivity contribution < 1.29 is 0 Å². The Morgan fingerprint density at radius 2 is 2.50 bits per heavy atom. The lowest BCUT2D eigenvalue weighted by Gasteiger charge is -2.06. The number of aliphatic imine (C=N–C) groups is 1. The minimum Gasteiger partial charge on any atom is -0.296 e. The second kappa shape index (κ2) is 3.10. The van der Waals surface area contributed by atoms with Crippen LogP contribution in [0.25, 0.3) is 0 Å². The Morgan fingerprint density at radius 1 is 1.62 bits per heavy atom. The summed E-state index contributed by atoms with van der Waals surface area (Å²) in [7, 11) is 0. The Labute approximate surface area is 55.1 Å². The molecule has 0 saturated heterocycles. The molecule has 8 heavy (non-hydrogen) atoms. The molecule has 46 valence electrons. The van der Waals surface area contributed by atoms with Crippen molar-refractivity contribution in [2.24, 2.45) is 4.99 Å². The second-order valence-electron chi connectivity index (χ2n) is 1.85. The van der Waals surface area contributed by atoms with E-state index in [0.717, 1.165) is 26.1 Å². The molecular weight excluding hydrogens is 120 g/mol. The average Bonchev–Trinajstić information content (AvgIpc) is 1.94. The van der Waals surface area contributed by atoms with Crippen molar-refractivity contribution in [1.82, 2.24) is 4.31 Å². The molecule has 0 N–H and O–H groups in total. The molecule has 0 saturated carbocycles. The van der Waals surface area contributed by atoms with E-state index in [2.05, 4.69) is 17.8 Å². The highest BCUT2D eigenvalue weighted by molar-refractivity contribution is 7.77. The van der Waals surface area contributed by atoms with Gasteiger partial charge in [0.05, 0.1) is 0 Å². The van der Waals surface area contributed by atoms with E-state index in [4.69, 9.17) is 0 Å². The smallest absolute Gasteiger partial charge is 0.0437 e. The van der Waals surface area contributed by atoms with E-state index in [1.807, 2.05) is 10.5 Å². The molecule has 0 atom stereocenters. The maximum Gasteiger partial charge on any atom is 0.0437 e. The molecule has 0 unspecified atom stereocenters. The predicted octanol–water partition coefficient (Wildman–Crippen LogP) is 0.608. The quantitative estimate of drug-likeness (QED) is 0.475. The van der Waals surface area contributed by atoms with Crippen LogP contribution in [0.2, 0.25) is 0 Å². The lowest BCUT2D eigenvalue weighted by molar-refractivity contribution is 0.540. The first kappa shape index (κ1) is 6.11. The minimum absolute atomic E-state index is 0.892. The molecule has 0 spiro atoms. The van der Waals surface area contributed by atoms with Crippen molar-refractivity contribution in [2.45, 2.75) is 6.42 Å². The van der Waals surface area contributed by atoms with Gasteiger partial charge in [-0.25, -0.2) is 4.31 Å². The number of hydrogen-bond acceptors (Lipinski definition) is 3. The van der Waals surface area contributed by atoms with Crippen molar-refractivity contribution >= 4 is 19.0 Å². The molecule has 3 heteroatoms. The third-order valence-corrected chi connectivity index (χ3v) is 1.49. The fourth-order valence-electron chi connectivity index (χ4n) is 0.679. The Balaban J connectivity index is 2.30. The third kappa shape index (κ3) is 1.84. The molecule has 1 rings (SSSR count). The lowest BCUT2D eigenvalue weighted by atomic mass is 10.4. The van der Waals surface area contributed by atoms with E-state index >= 15 is 0 Å². The summed E-state index contributed by atoms with van der Waals surface area (Å²) >= 11 is 4.17. The van der Waals surface area contributed by atoms with Gasteiger partial charge < -0.3 is 0 Å². The summed E-state index contributed by atoms with van der Waals surface area (Å²) in [5.74, 6) is 0. The normalized spacial score (nSPS) is 23.1. The summed E-state index contributed by atoms with van der Waals surface area (Å²) < 4.78 is 1.97. The molecule has 0 aromatic carbocycles. The third-order valence-electron chi connectivity index (χ3n) is 1.12. The van der Waals surface area contributed by atoms with Crippen LogP contribution < -0.4 is 0 Å². The largest absolute Gasteiger partial charge is 0.296 e. The van der Waals surface area contributed by atoms with Gasteiger partial charge in [-0.2, -0.15) is 0 Å². The fraction of sp³-hybridized carbons (Fsp3) is 0.800. The maximum absolute atomic E-state index is 4.17. The van der Waals surface area contributed by atoms with Crippen LogP contribution in [-0.4, -0.2) is 30.2 Å². The van der Waals surface area contributed by atoms with E-state index < -0.39 is 0 Å². The van der Waals surface area contributed by atoms with Gasteiger partial charge >= 0.3 is 0 Å². The fourth-order valence-corrected chi connectivity index (χ4v) is 0.894. The van der Waals surface area contributed by atoms with Gasteiger partial charge in [-0.05, 0) is 6.42 Å². The minimum atomic E-state index is 0.892. The van der Waals surface area contributed by atoms with Crippen LogP contribution in [-0.2, 0) is 0 Å². The summed E-state index contributed by atoms with van der Waals surface area (Å²) in [5.41, 5.74) is 0. The first-order chi connectivity index (χ1) is 3.89. The van der Waals surface area contributed by atoms with E-state index in [0.29, 0.717) is 0 Å². The van der Waals surface area contributed by atoms with Crippen LogP contribution in [0.15, 0.2) is 4.99 Å². The molecule has 0 aromatic heterocycles. The zero-order valence-corrected chi connectivity index (χ0v) is 5.64. The van der Waals surface area contributed by atoms with Gasteiger partial charge in [0.15, 0.2) is 0 Å². The second-order valence-corrected chi connectivity index (χ2v) is 2.42. The van der Waals surface area contributed by atoms with Crippen LogP contribution in [0, 0.1) is 0 Å².